The molecule has 5 nitrogen and oxygen atoms in total. The van der Waals surface area contributed by atoms with Gasteiger partial charge in [0.1, 0.15) is 6.10 Å². The van der Waals surface area contributed by atoms with E-state index in [9.17, 15) is 4.79 Å². The Morgan fingerprint density at radius 3 is 2.64 bits per heavy atom. The Morgan fingerprint density at radius 2 is 1.96 bits per heavy atom. The summed E-state index contributed by atoms with van der Waals surface area (Å²) in [5.41, 5.74) is 1.91. The van der Waals surface area contributed by atoms with Crippen LogP contribution in [0.4, 0.5) is 5.69 Å². The highest BCUT2D eigenvalue weighted by molar-refractivity contribution is 5.94. The Kier molecular flexibility index (Phi) is 6.32. The first-order valence-electron chi connectivity index (χ1n) is 9.52. The highest BCUT2D eigenvalue weighted by Gasteiger charge is 2.33. The summed E-state index contributed by atoms with van der Waals surface area (Å²) >= 11 is 0. The zero-order valence-electron chi connectivity index (χ0n) is 15.4. The van der Waals surface area contributed by atoms with Gasteiger partial charge in [0.05, 0.1) is 12.7 Å². The summed E-state index contributed by atoms with van der Waals surface area (Å²) < 4.78 is 11.6. The molecule has 0 N–H and O–H groups in total. The Morgan fingerprint density at radius 1 is 1.20 bits per heavy atom. The van der Waals surface area contributed by atoms with Crippen molar-refractivity contribution in [3.05, 3.63) is 29.8 Å². The number of morpholine rings is 1. The standard InChI is InChI=1S/C20H30N2O3/c1-3-4-11-21(2)17-9-7-16(8-10-17)20(23)22-12-14-25-19(15-22)18-6-5-13-24-18/h7-10,18-19H,3-6,11-15H2,1-2H3. The Balaban J connectivity index is 1.60. The summed E-state index contributed by atoms with van der Waals surface area (Å²) in [6, 6.07) is 7.97. The number of benzene rings is 1. The van der Waals surface area contributed by atoms with E-state index in [1.54, 1.807) is 0 Å². The van der Waals surface area contributed by atoms with Crippen LogP contribution in [0.15, 0.2) is 24.3 Å². The van der Waals surface area contributed by atoms with Gasteiger partial charge in [-0.3, -0.25) is 4.79 Å². The molecule has 2 fully saturated rings. The first-order valence-corrected chi connectivity index (χ1v) is 9.52. The van der Waals surface area contributed by atoms with E-state index in [0.29, 0.717) is 19.7 Å². The van der Waals surface area contributed by atoms with Crippen LogP contribution in [0.25, 0.3) is 0 Å². The quantitative estimate of drug-likeness (QED) is 0.794. The number of carbonyl (C=O) groups is 1. The van der Waals surface area contributed by atoms with E-state index in [1.165, 1.54) is 12.8 Å². The fourth-order valence-electron chi connectivity index (χ4n) is 3.55. The molecule has 3 rings (SSSR count). The fourth-order valence-corrected chi connectivity index (χ4v) is 3.55. The van der Waals surface area contributed by atoms with Gasteiger partial charge >= 0.3 is 0 Å². The predicted molar refractivity (Wildman–Crippen MR) is 99.2 cm³/mol. The molecule has 2 heterocycles. The Bertz CT molecular complexity index is 555. The van der Waals surface area contributed by atoms with Gasteiger partial charge in [0.15, 0.2) is 0 Å². The van der Waals surface area contributed by atoms with E-state index in [-0.39, 0.29) is 18.1 Å². The number of unbranched alkanes of at least 4 members (excludes halogenated alkanes) is 1. The van der Waals surface area contributed by atoms with Crippen molar-refractivity contribution in [3.8, 4) is 0 Å². The lowest BCUT2D eigenvalue weighted by Crippen LogP contribution is -2.49. The van der Waals surface area contributed by atoms with Crippen LogP contribution >= 0.6 is 0 Å². The minimum atomic E-state index is 0.0136. The van der Waals surface area contributed by atoms with E-state index in [2.05, 4.69) is 18.9 Å². The maximum Gasteiger partial charge on any atom is 0.254 e. The molecule has 0 spiro atoms. The zero-order chi connectivity index (χ0) is 17.6. The minimum absolute atomic E-state index is 0.0136. The summed E-state index contributed by atoms with van der Waals surface area (Å²) in [5.74, 6) is 0.0917. The van der Waals surface area contributed by atoms with Crippen molar-refractivity contribution >= 4 is 11.6 Å². The molecule has 0 bridgehead atoms. The second kappa shape index (κ2) is 8.68. The van der Waals surface area contributed by atoms with E-state index >= 15 is 0 Å². The first-order chi connectivity index (χ1) is 12.2. The third-order valence-corrected chi connectivity index (χ3v) is 5.16. The molecule has 0 aromatic heterocycles. The van der Waals surface area contributed by atoms with Crippen LogP contribution in [-0.2, 0) is 9.47 Å². The smallest absolute Gasteiger partial charge is 0.254 e. The van der Waals surface area contributed by atoms with Gasteiger partial charge in [0, 0.05) is 44.5 Å². The van der Waals surface area contributed by atoms with Gasteiger partial charge in [0.25, 0.3) is 5.91 Å². The van der Waals surface area contributed by atoms with E-state index in [4.69, 9.17) is 9.47 Å². The van der Waals surface area contributed by atoms with Gasteiger partial charge in [-0.1, -0.05) is 13.3 Å². The van der Waals surface area contributed by atoms with Crippen LogP contribution in [0.1, 0.15) is 43.0 Å². The van der Waals surface area contributed by atoms with Crippen LogP contribution < -0.4 is 4.90 Å². The monoisotopic (exact) mass is 346 g/mol. The second-order valence-corrected chi connectivity index (χ2v) is 7.03. The normalized spacial score (nSPS) is 23.7. The third-order valence-electron chi connectivity index (χ3n) is 5.16. The molecule has 138 valence electrons. The number of anilines is 1. The highest BCUT2D eigenvalue weighted by atomic mass is 16.5. The van der Waals surface area contributed by atoms with Gasteiger partial charge in [-0.25, -0.2) is 0 Å². The SMILES string of the molecule is CCCCN(C)c1ccc(C(=O)N2CCOC(C3CCCO3)C2)cc1. The van der Waals surface area contributed by atoms with Gasteiger partial charge < -0.3 is 19.3 Å². The summed E-state index contributed by atoms with van der Waals surface area (Å²) in [7, 11) is 2.10. The van der Waals surface area contributed by atoms with Gasteiger partial charge in [-0.05, 0) is 43.5 Å². The maximum atomic E-state index is 12.8. The maximum absolute atomic E-state index is 12.8. The minimum Gasteiger partial charge on any atom is -0.375 e. The molecule has 1 aromatic carbocycles. The molecule has 2 atom stereocenters. The second-order valence-electron chi connectivity index (χ2n) is 7.03. The van der Waals surface area contributed by atoms with Gasteiger partial charge in [-0.15, -0.1) is 0 Å². The number of rotatable bonds is 6. The molecular formula is C20H30N2O3. The van der Waals surface area contributed by atoms with Crippen molar-refractivity contribution in [2.45, 2.75) is 44.8 Å². The van der Waals surface area contributed by atoms with Crippen molar-refractivity contribution in [2.75, 3.05) is 44.8 Å². The van der Waals surface area contributed by atoms with Crippen LogP contribution in [0.3, 0.4) is 0 Å². The average molecular weight is 346 g/mol. The number of carbonyl (C=O) groups excluding carboxylic acids is 1. The predicted octanol–water partition coefficient (Wildman–Crippen LogP) is 2.94. The Labute approximate surface area is 150 Å². The summed E-state index contributed by atoms with van der Waals surface area (Å²) in [4.78, 5) is 17.0. The van der Waals surface area contributed by atoms with Gasteiger partial charge in [0.2, 0.25) is 0 Å². The molecule has 1 amide bonds. The van der Waals surface area contributed by atoms with E-state index in [0.717, 1.165) is 37.2 Å². The van der Waals surface area contributed by atoms with Crippen molar-refractivity contribution in [1.29, 1.82) is 0 Å². The largest absolute Gasteiger partial charge is 0.375 e. The first kappa shape index (κ1) is 18.2. The van der Waals surface area contributed by atoms with Crippen molar-refractivity contribution in [1.82, 2.24) is 4.90 Å². The summed E-state index contributed by atoms with van der Waals surface area (Å²) in [6.07, 6.45) is 4.64. The molecule has 2 aliphatic rings. The fraction of sp³-hybridized carbons (Fsp3) is 0.650. The molecule has 0 saturated carbocycles. The van der Waals surface area contributed by atoms with Crippen molar-refractivity contribution in [2.24, 2.45) is 0 Å². The molecule has 0 aliphatic carbocycles. The number of hydrogen-bond acceptors (Lipinski definition) is 4. The number of ether oxygens (including phenoxy) is 2. The van der Waals surface area contributed by atoms with Gasteiger partial charge in [-0.2, -0.15) is 0 Å². The van der Waals surface area contributed by atoms with Crippen LogP contribution in [-0.4, -0.2) is 62.9 Å². The van der Waals surface area contributed by atoms with E-state index in [1.807, 2.05) is 29.2 Å². The molecule has 1 aromatic rings. The molecule has 2 unspecified atom stereocenters. The average Bonchev–Trinajstić information content (AvgIpc) is 3.20. The molecule has 5 heteroatoms. The molecular weight excluding hydrogens is 316 g/mol. The number of amides is 1. The summed E-state index contributed by atoms with van der Waals surface area (Å²) in [5, 5.41) is 0. The molecule has 2 aliphatic heterocycles. The Hall–Kier alpha value is -1.59. The van der Waals surface area contributed by atoms with Crippen LogP contribution in [0.5, 0.6) is 0 Å². The van der Waals surface area contributed by atoms with Crippen molar-refractivity contribution < 1.29 is 14.3 Å². The van der Waals surface area contributed by atoms with Crippen LogP contribution in [0, 0.1) is 0 Å². The number of hydrogen-bond donors (Lipinski definition) is 0. The number of nitrogens with zero attached hydrogens (tertiary/aromatic N) is 2. The lowest BCUT2D eigenvalue weighted by molar-refractivity contribution is -0.0867. The summed E-state index contributed by atoms with van der Waals surface area (Å²) in [6.45, 7) is 5.92. The lowest BCUT2D eigenvalue weighted by atomic mass is 10.1. The topological polar surface area (TPSA) is 42.0 Å². The highest BCUT2D eigenvalue weighted by Crippen LogP contribution is 2.22. The molecule has 2 saturated heterocycles. The zero-order valence-corrected chi connectivity index (χ0v) is 15.4. The third kappa shape index (κ3) is 4.53. The molecule has 25 heavy (non-hydrogen) atoms. The lowest BCUT2D eigenvalue weighted by Gasteiger charge is -2.35. The van der Waals surface area contributed by atoms with E-state index < -0.39 is 0 Å². The van der Waals surface area contributed by atoms with Crippen LogP contribution in [0.2, 0.25) is 0 Å². The molecule has 0 radical (unpaired) electrons. The van der Waals surface area contributed by atoms with Crippen molar-refractivity contribution in [3.63, 3.8) is 0 Å².